The van der Waals surface area contributed by atoms with Gasteiger partial charge in [0.15, 0.2) is 11.6 Å². The Labute approximate surface area is 276 Å². The highest BCUT2D eigenvalue weighted by molar-refractivity contribution is 5.85. The van der Waals surface area contributed by atoms with Gasteiger partial charge in [0.2, 0.25) is 0 Å². The molecule has 6 rings (SSSR count). The highest BCUT2D eigenvalue weighted by Crippen LogP contribution is 2.34. The monoisotopic (exact) mass is 708 g/mol. The van der Waals surface area contributed by atoms with Crippen molar-refractivity contribution in [3.63, 3.8) is 0 Å². The van der Waals surface area contributed by atoms with Gasteiger partial charge >= 0.3 is 18.4 Å². The fourth-order valence-electron chi connectivity index (χ4n) is 5.14. The molecule has 3 N–H and O–H groups in total. The normalized spacial score (nSPS) is 18.9. The molecule has 4 aromatic heterocycles. The molecule has 19 heteroatoms. The van der Waals surface area contributed by atoms with Crippen molar-refractivity contribution in [2.24, 2.45) is 0 Å². The number of halogens is 7. The van der Waals surface area contributed by atoms with Crippen LogP contribution in [0.25, 0.3) is 23.2 Å². The van der Waals surface area contributed by atoms with Crippen molar-refractivity contribution in [2.45, 2.75) is 76.2 Å². The third kappa shape index (κ3) is 9.30. The van der Waals surface area contributed by atoms with Crippen LogP contribution in [-0.4, -0.2) is 73.0 Å². The SMILES string of the molecule is CC(C)(C)OC(=O)N1CCC[C@H](c2noc(-c3cc(C(F)(F)F)c[nH]3)n2)C1.Cl.FC(F)(F)c1c[nH]c(-c2nc(C3CCCNC3)no2)c1. The van der Waals surface area contributed by atoms with Crippen LogP contribution < -0.4 is 5.32 Å². The molecule has 2 aliphatic heterocycles. The van der Waals surface area contributed by atoms with Crippen LogP contribution in [0.3, 0.4) is 0 Å². The maximum absolute atomic E-state index is 12.7. The van der Waals surface area contributed by atoms with Gasteiger partial charge in [0, 0.05) is 43.9 Å². The van der Waals surface area contributed by atoms with Gasteiger partial charge < -0.3 is 34.0 Å². The fraction of sp³-hybridized carbons (Fsp3) is 0.552. The zero-order valence-electron chi connectivity index (χ0n) is 26.2. The number of carbonyl (C=O) groups excluding carboxylic acids is 1. The van der Waals surface area contributed by atoms with E-state index < -0.39 is 35.2 Å². The molecule has 48 heavy (non-hydrogen) atoms. The lowest BCUT2D eigenvalue weighted by Gasteiger charge is -2.32. The van der Waals surface area contributed by atoms with Gasteiger partial charge in [-0.15, -0.1) is 12.4 Å². The van der Waals surface area contributed by atoms with Gasteiger partial charge in [-0.2, -0.15) is 36.3 Å². The van der Waals surface area contributed by atoms with Crippen molar-refractivity contribution < 1.29 is 44.9 Å². The van der Waals surface area contributed by atoms with Gasteiger partial charge in [-0.1, -0.05) is 10.3 Å². The summed E-state index contributed by atoms with van der Waals surface area (Å²) in [5.41, 5.74) is -1.88. The number of nitrogens with one attached hydrogen (secondary N) is 3. The third-order valence-electron chi connectivity index (χ3n) is 7.47. The summed E-state index contributed by atoms with van der Waals surface area (Å²) in [6.07, 6.45) is -4.04. The Morgan fingerprint density at radius 3 is 1.83 bits per heavy atom. The van der Waals surface area contributed by atoms with E-state index in [4.69, 9.17) is 13.8 Å². The minimum absolute atomic E-state index is 0. The van der Waals surface area contributed by atoms with E-state index in [0.717, 1.165) is 63.3 Å². The lowest BCUT2D eigenvalue weighted by atomic mass is 9.98. The first kappa shape index (κ1) is 36.8. The van der Waals surface area contributed by atoms with Crippen molar-refractivity contribution in [3.05, 3.63) is 47.3 Å². The molecular weight excluding hydrogens is 674 g/mol. The van der Waals surface area contributed by atoms with E-state index in [1.54, 1.807) is 25.7 Å². The average molecular weight is 709 g/mol. The molecule has 0 aromatic carbocycles. The first-order valence-corrected chi connectivity index (χ1v) is 14.9. The summed E-state index contributed by atoms with van der Waals surface area (Å²) in [5, 5.41) is 11.0. The Morgan fingerprint density at radius 1 is 0.854 bits per heavy atom. The third-order valence-corrected chi connectivity index (χ3v) is 7.47. The Bertz CT molecular complexity index is 1630. The molecule has 4 aromatic rings. The summed E-state index contributed by atoms with van der Waals surface area (Å²) in [6, 6.07) is 1.89. The maximum atomic E-state index is 12.7. The number of nitrogens with zero attached hydrogens (tertiary/aromatic N) is 5. The summed E-state index contributed by atoms with van der Waals surface area (Å²) >= 11 is 0. The molecule has 0 bridgehead atoms. The van der Waals surface area contributed by atoms with Crippen LogP contribution in [0.5, 0.6) is 0 Å². The van der Waals surface area contributed by atoms with E-state index in [1.807, 2.05) is 0 Å². The topological polar surface area (TPSA) is 151 Å². The first-order chi connectivity index (χ1) is 22.1. The van der Waals surface area contributed by atoms with Gasteiger partial charge in [0.25, 0.3) is 11.8 Å². The molecule has 12 nitrogen and oxygen atoms in total. The van der Waals surface area contributed by atoms with Crippen LogP contribution in [-0.2, 0) is 17.1 Å². The molecule has 2 saturated heterocycles. The molecule has 6 heterocycles. The number of carbonyl (C=O) groups is 1. The maximum Gasteiger partial charge on any atom is 0.417 e. The van der Waals surface area contributed by atoms with Crippen molar-refractivity contribution in [3.8, 4) is 23.2 Å². The minimum atomic E-state index is -4.45. The number of ether oxygens (including phenoxy) is 1. The van der Waals surface area contributed by atoms with Gasteiger partial charge in [-0.05, 0) is 65.1 Å². The number of alkyl halides is 6. The molecule has 0 radical (unpaired) electrons. The molecule has 0 spiro atoms. The molecule has 0 saturated carbocycles. The molecule has 2 fully saturated rings. The van der Waals surface area contributed by atoms with E-state index in [-0.39, 0.29) is 47.4 Å². The molecule has 2 atom stereocenters. The predicted molar refractivity (Wildman–Crippen MR) is 160 cm³/mol. The van der Waals surface area contributed by atoms with Gasteiger partial charge in [-0.3, -0.25) is 0 Å². The molecule has 264 valence electrons. The van der Waals surface area contributed by atoms with Crippen LogP contribution in [0.1, 0.15) is 81.1 Å². The molecule has 2 aliphatic rings. The number of piperidine rings is 2. The molecule has 1 unspecified atom stereocenters. The number of hydrogen-bond donors (Lipinski definition) is 3. The van der Waals surface area contributed by atoms with E-state index in [2.05, 4.69) is 35.6 Å². The summed E-state index contributed by atoms with van der Waals surface area (Å²) < 4.78 is 91.2. The zero-order valence-corrected chi connectivity index (χ0v) is 27.0. The number of aromatic amines is 2. The number of rotatable bonds is 4. The van der Waals surface area contributed by atoms with E-state index in [9.17, 15) is 31.1 Å². The second-order valence-electron chi connectivity index (χ2n) is 12.3. The standard InChI is InChI=1S/C17H21F3N4O3.C12H13F3N4O.ClH/c1-16(2,3)26-15(25)24-6-4-5-10(9-24)13-22-14(27-23-13)12-7-11(8-21-12)17(18,19)20;13-12(14,15)8-4-9(17-6-8)11-18-10(19-20-11)7-2-1-3-16-5-7;/h7-8,10,21H,4-6,9H2,1-3H3;4,6-7,16-17H,1-3,5H2;1H/t10-;;/m0../s1. The van der Waals surface area contributed by atoms with Gasteiger partial charge in [0.1, 0.15) is 17.0 Å². The van der Waals surface area contributed by atoms with Crippen LogP contribution in [0.4, 0.5) is 31.1 Å². The lowest BCUT2D eigenvalue weighted by molar-refractivity contribution is -0.138. The quantitative estimate of drug-likeness (QED) is 0.188. The molecular formula is C29H35ClF6N8O4. The Kier molecular flexibility index (Phi) is 11.2. The number of H-pyrrole nitrogens is 2. The number of likely N-dealkylation sites (tertiary alicyclic amines) is 1. The highest BCUT2D eigenvalue weighted by Gasteiger charge is 2.34. The van der Waals surface area contributed by atoms with Crippen LogP contribution >= 0.6 is 12.4 Å². The smallest absolute Gasteiger partial charge is 0.417 e. The Hall–Kier alpha value is -4.06. The van der Waals surface area contributed by atoms with Crippen LogP contribution in [0.15, 0.2) is 33.6 Å². The van der Waals surface area contributed by atoms with Crippen molar-refractivity contribution in [1.82, 2.24) is 40.5 Å². The number of hydrogen-bond acceptors (Lipinski definition) is 9. The van der Waals surface area contributed by atoms with Gasteiger partial charge in [-0.25, -0.2) is 4.79 Å². The summed E-state index contributed by atoms with van der Waals surface area (Å²) in [6.45, 7) is 8.05. The number of aromatic nitrogens is 6. The van der Waals surface area contributed by atoms with E-state index in [1.165, 1.54) is 0 Å². The number of amides is 1. The lowest BCUT2D eigenvalue weighted by Crippen LogP contribution is -2.42. The molecule has 0 aliphatic carbocycles. The van der Waals surface area contributed by atoms with Crippen molar-refractivity contribution in [1.29, 1.82) is 0 Å². The second kappa shape index (κ2) is 14.6. The predicted octanol–water partition coefficient (Wildman–Crippen LogP) is 7.17. The van der Waals surface area contributed by atoms with Gasteiger partial charge in [0.05, 0.1) is 11.1 Å². The average Bonchev–Trinajstić information content (AvgIpc) is 3.82. The Balaban J connectivity index is 0.000000221. The largest absolute Gasteiger partial charge is 0.444 e. The van der Waals surface area contributed by atoms with Crippen molar-refractivity contribution in [2.75, 3.05) is 26.2 Å². The Morgan fingerprint density at radius 2 is 1.38 bits per heavy atom. The highest BCUT2D eigenvalue weighted by atomic mass is 35.5. The second-order valence-corrected chi connectivity index (χ2v) is 12.3. The zero-order chi connectivity index (χ0) is 34.0. The minimum Gasteiger partial charge on any atom is -0.444 e. The van der Waals surface area contributed by atoms with Crippen molar-refractivity contribution >= 4 is 18.5 Å². The summed E-state index contributed by atoms with van der Waals surface area (Å²) in [4.78, 5) is 27.2. The fourth-order valence-corrected chi connectivity index (χ4v) is 5.14. The molecule has 1 amide bonds. The van der Waals surface area contributed by atoms with E-state index in [0.29, 0.717) is 24.7 Å². The summed E-state index contributed by atoms with van der Waals surface area (Å²) in [7, 11) is 0. The first-order valence-electron chi connectivity index (χ1n) is 14.9. The van der Waals surface area contributed by atoms with Crippen LogP contribution in [0, 0.1) is 0 Å². The van der Waals surface area contributed by atoms with E-state index >= 15 is 0 Å². The summed E-state index contributed by atoms with van der Waals surface area (Å²) in [5.74, 6) is 0.951. The van der Waals surface area contributed by atoms with Crippen LogP contribution in [0.2, 0.25) is 0 Å².